The van der Waals surface area contributed by atoms with Crippen molar-refractivity contribution in [1.29, 1.82) is 0 Å². The number of rotatable bonds is 34. The number of carbonyl (C=O) groups excluding carboxylic acids is 1. The van der Waals surface area contributed by atoms with Crippen molar-refractivity contribution >= 4 is 13.8 Å². The number of hydrogen-bond acceptors (Lipinski definition) is 11. The standard InChI is InChI=1S/C40H75O12P/c1-3-5-7-9-11-13-14-15-16-17-18-19-20-21-23-25-27-29-34(41)51-33(31-49-30-28-26-24-22-12-10-8-6-4-2)32-50-53(47,48)52-40-38(45)36(43)35(42)37(44)39(40)46/h11,13,15-16,33,35-40,42-46H,3-10,12,14,17-32H2,1-2H3,(H,47,48)/b13-11-,16-15-. The van der Waals surface area contributed by atoms with E-state index in [1.54, 1.807) is 0 Å². The first kappa shape index (κ1) is 49.8. The zero-order chi connectivity index (χ0) is 39.2. The molecule has 1 saturated carbocycles. The van der Waals surface area contributed by atoms with Gasteiger partial charge in [0.2, 0.25) is 0 Å². The first-order valence-corrected chi connectivity index (χ1v) is 22.2. The van der Waals surface area contributed by atoms with Crippen LogP contribution in [0.4, 0.5) is 0 Å². The van der Waals surface area contributed by atoms with E-state index in [4.69, 9.17) is 18.5 Å². The van der Waals surface area contributed by atoms with Crippen LogP contribution < -0.4 is 0 Å². The molecule has 0 saturated heterocycles. The molecule has 6 atom stereocenters. The van der Waals surface area contributed by atoms with E-state index in [9.17, 15) is 39.8 Å². The number of phosphoric ester groups is 1. The van der Waals surface area contributed by atoms with Crippen LogP contribution in [0.5, 0.6) is 0 Å². The fourth-order valence-corrected chi connectivity index (χ4v) is 7.18. The number of hydrogen-bond donors (Lipinski definition) is 6. The lowest BCUT2D eigenvalue weighted by atomic mass is 9.85. The molecular formula is C40H75O12P. The van der Waals surface area contributed by atoms with Crippen LogP contribution >= 0.6 is 7.82 Å². The third-order valence-corrected chi connectivity index (χ3v) is 10.6. The van der Waals surface area contributed by atoms with E-state index in [1.165, 1.54) is 77.0 Å². The highest BCUT2D eigenvalue weighted by molar-refractivity contribution is 7.47. The molecule has 6 N–H and O–H groups in total. The summed E-state index contributed by atoms with van der Waals surface area (Å²) in [6.45, 7) is 4.19. The Labute approximate surface area is 320 Å². The molecule has 0 amide bonds. The molecule has 0 aromatic carbocycles. The minimum atomic E-state index is -5.01. The van der Waals surface area contributed by atoms with Crippen molar-refractivity contribution in [3.8, 4) is 0 Å². The van der Waals surface area contributed by atoms with Crippen molar-refractivity contribution in [2.24, 2.45) is 0 Å². The van der Waals surface area contributed by atoms with Gasteiger partial charge in [-0.1, -0.05) is 134 Å². The number of ether oxygens (including phenoxy) is 2. The Balaban J connectivity index is 2.42. The van der Waals surface area contributed by atoms with Crippen molar-refractivity contribution < 1.29 is 58.3 Å². The molecule has 0 aromatic rings. The van der Waals surface area contributed by atoms with Gasteiger partial charge in [-0.05, 0) is 44.9 Å². The number of carbonyl (C=O) groups is 1. The van der Waals surface area contributed by atoms with E-state index in [0.717, 1.165) is 57.8 Å². The predicted octanol–water partition coefficient (Wildman–Crippen LogP) is 7.36. The lowest BCUT2D eigenvalue weighted by Gasteiger charge is -2.41. The summed E-state index contributed by atoms with van der Waals surface area (Å²) in [6.07, 6.45) is 21.2. The zero-order valence-corrected chi connectivity index (χ0v) is 33.7. The molecule has 12 nitrogen and oxygen atoms in total. The van der Waals surface area contributed by atoms with Gasteiger partial charge in [-0.15, -0.1) is 0 Å². The highest BCUT2D eigenvalue weighted by Gasteiger charge is 2.51. The third-order valence-electron chi connectivity index (χ3n) is 9.58. The number of phosphoric acid groups is 1. The predicted molar refractivity (Wildman–Crippen MR) is 207 cm³/mol. The summed E-state index contributed by atoms with van der Waals surface area (Å²) in [7, 11) is -5.01. The largest absolute Gasteiger partial charge is 0.472 e. The fraction of sp³-hybridized carbons (Fsp3) is 0.875. The van der Waals surface area contributed by atoms with Crippen LogP contribution in [-0.4, -0.2) is 98.9 Å². The van der Waals surface area contributed by atoms with Gasteiger partial charge in [0, 0.05) is 13.0 Å². The lowest BCUT2D eigenvalue weighted by Crippen LogP contribution is -2.64. The van der Waals surface area contributed by atoms with Gasteiger partial charge in [-0.25, -0.2) is 4.57 Å². The zero-order valence-electron chi connectivity index (χ0n) is 32.8. The van der Waals surface area contributed by atoms with Crippen LogP contribution in [0.3, 0.4) is 0 Å². The average Bonchev–Trinajstić information content (AvgIpc) is 3.14. The average molecular weight is 779 g/mol. The monoisotopic (exact) mass is 778 g/mol. The normalized spacial score (nSPS) is 23.8. The Morgan fingerprint density at radius 1 is 0.604 bits per heavy atom. The van der Waals surface area contributed by atoms with Crippen molar-refractivity contribution in [2.75, 3.05) is 19.8 Å². The maximum atomic E-state index is 12.7. The quantitative estimate of drug-likeness (QED) is 0.0165. The van der Waals surface area contributed by atoms with E-state index in [2.05, 4.69) is 38.2 Å². The molecule has 1 fully saturated rings. The van der Waals surface area contributed by atoms with Gasteiger partial charge in [0.1, 0.15) is 42.7 Å². The SMILES string of the molecule is CCCCC/C=C\C/C=C\CCCCCCCCCC(=O)OC(COCCCCCCCCCCC)COP(=O)(O)OC1C(O)C(O)C(O)C(O)C1O. The first-order chi connectivity index (χ1) is 25.5. The molecule has 13 heteroatoms. The van der Waals surface area contributed by atoms with Gasteiger partial charge in [-0.3, -0.25) is 13.8 Å². The van der Waals surface area contributed by atoms with Crippen LogP contribution in [0.2, 0.25) is 0 Å². The van der Waals surface area contributed by atoms with Crippen molar-refractivity contribution in [3.05, 3.63) is 24.3 Å². The Morgan fingerprint density at radius 3 is 1.62 bits per heavy atom. The Hall–Kier alpha value is -1.18. The van der Waals surface area contributed by atoms with Gasteiger partial charge in [0.05, 0.1) is 13.2 Å². The molecule has 1 rings (SSSR count). The van der Waals surface area contributed by atoms with Gasteiger partial charge >= 0.3 is 13.8 Å². The summed E-state index contributed by atoms with van der Waals surface area (Å²) >= 11 is 0. The molecule has 0 spiro atoms. The van der Waals surface area contributed by atoms with Crippen LogP contribution in [-0.2, 0) is 27.9 Å². The number of aliphatic hydroxyl groups is 5. The van der Waals surface area contributed by atoms with E-state index in [-0.39, 0.29) is 13.0 Å². The topological polar surface area (TPSA) is 192 Å². The van der Waals surface area contributed by atoms with Gasteiger partial charge < -0.3 is 39.9 Å². The molecule has 0 aromatic heterocycles. The van der Waals surface area contributed by atoms with Gasteiger partial charge in [0.15, 0.2) is 0 Å². The molecule has 0 bridgehead atoms. The minimum Gasteiger partial charge on any atom is -0.457 e. The van der Waals surface area contributed by atoms with Crippen LogP contribution in [0.25, 0.3) is 0 Å². The summed E-state index contributed by atoms with van der Waals surface area (Å²) < 4.78 is 34.0. The Bertz CT molecular complexity index is 979. The first-order valence-electron chi connectivity index (χ1n) is 20.7. The summed E-state index contributed by atoms with van der Waals surface area (Å²) in [6, 6.07) is 0. The molecule has 0 aliphatic heterocycles. The highest BCUT2D eigenvalue weighted by atomic mass is 31.2. The summed E-state index contributed by atoms with van der Waals surface area (Å²) in [5, 5.41) is 50.0. The minimum absolute atomic E-state index is 0.0774. The molecule has 1 aliphatic rings. The molecule has 1 aliphatic carbocycles. The molecule has 0 radical (unpaired) electrons. The number of allylic oxidation sites excluding steroid dienone is 4. The van der Waals surface area contributed by atoms with Crippen molar-refractivity contribution in [2.45, 2.75) is 204 Å². The van der Waals surface area contributed by atoms with Crippen LogP contribution in [0.1, 0.15) is 162 Å². The second kappa shape index (κ2) is 32.0. The van der Waals surface area contributed by atoms with Crippen LogP contribution in [0, 0.1) is 0 Å². The summed E-state index contributed by atoms with van der Waals surface area (Å²) in [5.74, 6) is -0.486. The second-order valence-corrected chi connectivity index (χ2v) is 15.9. The maximum Gasteiger partial charge on any atom is 0.472 e. The Morgan fingerprint density at radius 2 is 1.06 bits per heavy atom. The Kier molecular flexibility index (Phi) is 30.1. The maximum absolute atomic E-state index is 12.7. The van der Waals surface area contributed by atoms with Gasteiger partial charge in [0.25, 0.3) is 0 Å². The summed E-state index contributed by atoms with van der Waals surface area (Å²) in [4.78, 5) is 23.0. The molecule has 312 valence electrons. The van der Waals surface area contributed by atoms with Gasteiger partial charge in [-0.2, -0.15) is 0 Å². The molecule has 53 heavy (non-hydrogen) atoms. The van der Waals surface area contributed by atoms with Crippen LogP contribution in [0.15, 0.2) is 24.3 Å². The molecule has 0 heterocycles. The van der Waals surface area contributed by atoms with E-state index in [1.807, 2.05) is 0 Å². The van der Waals surface area contributed by atoms with Crippen molar-refractivity contribution in [3.63, 3.8) is 0 Å². The third kappa shape index (κ3) is 24.8. The number of esters is 1. The lowest BCUT2D eigenvalue weighted by molar-refractivity contribution is -0.220. The number of unbranched alkanes of at least 4 members (excludes halogenated alkanes) is 18. The number of aliphatic hydroxyl groups excluding tert-OH is 5. The molecular weight excluding hydrogens is 703 g/mol. The fourth-order valence-electron chi connectivity index (χ4n) is 6.21. The van der Waals surface area contributed by atoms with Crippen molar-refractivity contribution in [1.82, 2.24) is 0 Å². The smallest absolute Gasteiger partial charge is 0.457 e. The second-order valence-electron chi connectivity index (χ2n) is 14.5. The van der Waals surface area contributed by atoms with E-state index >= 15 is 0 Å². The molecule has 6 unspecified atom stereocenters. The summed E-state index contributed by atoms with van der Waals surface area (Å²) in [5.41, 5.74) is 0. The highest BCUT2D eigenvalue weighted by Crippen LogP contribution is 2.47. The van der Waals surface area contributed by atoms with E-state index < -0.39 is 63.1 Å². The van der Waals surface area contributed by atoms with E-state index in [0.29, 0.717) is 13.0 Å².